The molecule has 0 aliphatic carbocycles. The van der Waals surface area contributed by atoms with Crippen molar-refractivity contribution in [1.29, 1.82) is 0 Å². The van der Waals surface area contributed by atoms with E-state index in [0.29, 0.717) is 11.6 Å². The summed E-state index contributed by atoms with van der Waals surface area (Å²) in [5.41, 5.74) is 1.87. The van der Waals surface area contributed by atoms with Gasteiger partial charge in [0, 0.05) is 12.7 Å². The molecular weight excluding hydrogens is 224 g/mol. The average molecular weight is 235 g/mol. The Labute approximate surface area is 98.7 Å². The molecule has 0 aliphatic heterocycles. The quantitative estimate of drug-likeness (QED) is 0.858. The summed E-state index contributed by atoms with van der Waals surface area (Å²) in [4.78, 5) is 3.98. The lowest BCUT2D eigenvalue weighted by Crippen LogP contribution is -1.99. The third-order valence-corrected chi connectivity index (χ3v) is 2.52. The number of benzene rings is 1. The van der Waals surface area contributed by atoms with E-state index in [0.717, 1.165) is 11.3 Å². The lowest BCUT2D eigenvalue weighted by Gasteiger charge is -2.07. The minimum absolute atomic E-state index is 0.267. The van der Waals surface area contributed by atoms with Crippen LogP contribution in [0.2, 0.25) is 5.02 Å². The predicted molar refractivity (Wildman–Crippen MR) is 64.7 cm³/mol. The van der Waals surface area contributed by atoms with Gasteiger partial charge in [0.25, 0.3) is 0 Å². The van der Waals surface area contributed by atoms with Gasteiger partial charge in [-0.25, -0.2) is 0 Å². The molecule has 16 heavy (non-hydrogen) atoms. The van der Waals surface area contributed by atoms with Crippen molar-refractivity contribution in [1.82, 2.24) is 4.98 Å². The van der Waals surface area contributed by atoms with Crippen LogP contribution in [0.25, 0.3) is 0 Å². The number of hydrogen-bond donors (Lipinski definition) is 2. The van der Waals surface area contributed by atoms with E-state index in [1.165, 1.54) is 0 Å². The standard InChI is InChI=1S/C12H11ClN2O/c13-11-5-6-14-8-12(11)15-7-9-1-3-10(16)4-2-9/h1-6,8,15-16H,7H2. The number of halogens is 1. The molecule has 2 aromatic rings. The number of hydrogen-bond acceptors (Lipinski definition) is 3. The summed E-state index contributed by atoms with van der Waals surface area (Å²) >= 11 is 5.97. The molecule has 1 aromatic heterocycles. The number of nitrogens with zero attached hydrogens (tertiary/aromatic N) is 1. The smallest absolute Gasteiger partial charge is 0.115 e. The second-order valence-corrected chi connectivity index (χ2v) is 3.78. The Morgan fingerprint density at radius 1 is 1.19 bits per heavy atom. The highest BCUT2D eigenvalue weighted by Gasteiger charge is 1.99. The van der Waals surface area contributed by atoms with Gasteiger partial charge in [0.15, 0.2) is 0 Å². The van der Waals surface area contributed by atoms with E-state index in [4.69, 9.17) is 16.7 Å². The number of nitrogens with one attached hydrogen (secondary N) is 1. The first-order chi connectivity index (χ1) is 7.75. The van der Waals surface area contributed by atoms with Gasteiger partial charge in [-0.2, -0.15) is 0 Å². The fraction of sp³-hybridized carbons (Fsp3) is 0.0833. The van der Waals surface area contributed by atoms with Crippen LogP contribution in [0, 0.1) is 0 Å². The highest BCUT2D eigenvalue weighted by Crippen LogP contribution is 2.20. The van der Waals surface area contributed by atoms with Gasteiger partial charge in [-0.15, -0.1) is 0 Å². The molecule has 0 saturated carbocycles. The number of phenols is 1. The molecule has 1 aromatic carbocycles. The van der Waals surface area contributed by atoms with Crippen LogP contribution in [0.1, 0.15) is 5.56 Å². The molecule has 0 amide bonds. The number of aromatic nitrogens is 1. The van der Waals surface area contributed by atoms with E-state index in [1.54, 1.807) is 30.6 Å². The van der Waals surface area contributed by atoms with Crippen molar-refractivity contribution < 1.29 is 5.11 Å². The summed E-state index contributed by atoms with van der Waals surface area (Å²) in [5, 5.41) is 13.0. The van der Waals surface area contributed by atoms with E-state index in [9.17, 15) is 0 Å². The predicted octanol–water partition coefficient (Wildman–Crippen LogP) is 3.05. The van der Waals surface area contributed by atoms with E-state index in [2.05, 4.69) is 10.3 Å². The Hall–Kier alpha value is -1.74. The molecule has 0 fully saturated rings. The van der Waals surface area contributed by atoms with E-state index >= 15 is 0 Å². The normalized spacial score (nSPS) is 10.1. The molecule has 2 rings (SSSR count). The van der Waals surface area contributed by atoms with Gasteiger partial charge in [-0.3, -0.25) is 4.98 Å². The molecule has 0 saturated heterocycles. The topological polar surface area (TPSA) is 45.1 Å². The number of rotatable bonds is 3. The third kappa shape index (κ3) is 2.64. The number of pyridine rings is 1. The summed E-state index contributed by atoms with van der Waals surface area (Å²) in [6.45, 7) is 0.645. The second-order valence-electron chi connectivity index (χ2n) is 3.38. The second kappa shape index (κ2) is 4.86. The summed E-state index contributed by atoms with van der Waals surface area (Å²) in [6, 6.07) is 8.75. The lowest BCUT2D eigenvalue weighted by molar-refractivity contribution is 0.475. The average Bonchev–Trinajstić information content (AvgIpc) is 2.30. The Bertz CT molecular complexity index is 471. The van der Waals surface area contributed by atoms with Gasteiger partial charge in [-0.05, 0) is 23.8 Å². The molecule has 0 bridgehead atoms. The van der Waals surface area contributed by atoms with Crippen LogP contribution in [0.4, 0.5) is 5.69 Å². The first-order valence-corrected chi connectivity index (χ1v) is 5.25. The maximum atomic E-state index is 9.13. The maximum absolute atomic E-state index is 9.13. The van der Waals surface area contributed by atoms with Crippen LogP contribution in [-0.2, 0) is 6.54 Å². The van der Waals surface area contributed by atoms with Crippen LogP contribution in [0.3, 0.4) is 0 Å². The van der Waals surface area contributed by atoms with Crippen molar-refractivity contribution in [2.24, 2.45) is 0 Å². The third-order valence-electron chi connectivity index (χ3n) is 2.19. The minimum atomic E-state index is 0.267. The van der Waals surface area contributed by atoms with Gasteiger partial charge in [-0.1, -0.05) is 23.7 Å². The molecule has 4 heteroatoms. The van der Waals surface area contributed by atoms with Crippen LogP contribution in [-0.4, -0.2) is 10.1 Å². The Balaban J connectivity index is 2.02. The fourth-order valence-electron chi connectivity index (χ4n) is 1.32. The minimum Gasteiger partial charge on any atom is -0.508 e. The molecule has 82 valence electrons. The number of aromatic hydroxyl groups is 1. The van der Waals surface area contributed by atoms with Gasteiger partial charge in [0.1, 0.15) is 5.75 Å². The molecule has 0 radical (unpaired) electrons. The fourth-order valence-corrected chi connectivity index (χ4v) is 1.49. The summed E-state index contributed by atoms with van der Waals surface area (Å²) in [5.74, 6) is 0.267. The molecule has 3 nitrogen and oxygen atoms in total. The monoisotopic (exact) mass is 234 g/mol. The highest BCUT2D eigenvalue weighted by atomic mass is 35.5. The van der Waals surface area contributed by atoms with Crippen LogP contribution in [0.15, 0.2) is 42.7 Å². The highest BCUT2D eigenvalue weighted by molar-refractivity contribution is 6.33. The van der Waals surface area contributed by atoms with Gasteiger partial charge in [0.05, 0.1) is 16.9 Å². The number of anilines is 1. The zero-order valence-electron chi connectivity index (χ0n) is 8.52. The van der Waals surface area contributed by atoms with Crippen LogP contribution < -0.4 is 5.32 Å². The zero-order chi connectivity index (χ0) is 11.4. The Morgan fingerprint density at radius 2 is 1.94 bits per heavy atom. The van der Waals surface area contributed by atoms with Crippen molar-refractivity contribution in [3.63, 3.8) is 0 Å². The molecule has 2 N–H and O–H groups in total. The van der Waals surface area contributed by atoms with Crippen molar-refractivity contribution in [3.05, 3.63) is 53.3 Å². The molecule has 0 spiro atoms. The summed E-state index contributed by atoms with van der Waals surface area (Å²) in [7, 11) is 0. The Kier molecular flexibility index (Phi) is 3.27. The molecule has 0 unspecified atom stereocenters. The van der Waals surface area contributed by atoms with Crippen molar-refractivity contribution in [3.8, 4) is 5.75 Å². The molecule has 1 heterocycles. The number of phenolic OH excluding ortho intramolecular Hbond substituents is 1. The zero-order valence-corrected chi connectivity index (χ0v) is 9.28. The Morgan fingerprint density at radius 3 is 2.62 bits per heavy atom. The van der Waals surface area contributed by atoms with E-state index in [1.807, 2.05) is 12.1 Å². The summed E-state index contributed by atoms with van der Waals surface area (Å²) < 4.78 is 0. The first-order valence-electron chi connectivity index (χ1n) is 4.87. The van der Waals surface area contributed by atoms with Gasteiger partial charge < -0.3 is 10.4 Å². The SMILES string of the molecule is Oc1ccc(CNc2cnccc2Cl)cc1. The maximum Gasteiger partial charge on any atom is 0.115 e. The first kappa shape index (κ1) is 10.8. The van der Waals surface area contributed by atoms with Crippen molar-refractivity contribution in [2.45, 2.75) is 6.54 Å². The van der Waals surface area contributed by atoms with E-state index < -0.39 is 0 Å². The molecule has 0 atom stereocenters. The van der Waals surface area contributed by atoms with Gasteiger partial charge >= 0.3 is 0 Å². The lowest BCUT2D eigenvalue weighted by atomic mass is 10.2. The molecular formula is C12H11ClN2O. The largest absolute Gasteiger partial charge is 0.508 e. The van der Waals surface area contributed by atoms with Crippen molar-refractivity contribution >= 4 is 17.3 Å². The van der Waals surface area contributed by atoms with Crippen molar-refractivity contribution in [2.75, 3.05) is 5.32 Å². The summed E-state index contributed by atoms with van der Waals surface area (Å²) in [6.07, 6.45) is 3.33. The molecule has 0 aliphatic rings. The van der Waals surface area contributed by atoms with Gasteiger partial charge in [0.2, 0.25) is 0 Å². The van der Waals surface area contributed by atoms with E-state index in [-0.39, 0.29) is 5.75 Å². The van der Waals surface area contributed by atoms with Crippen LogP contribution in [0.5, 0.6) is 5.75 Å². The van der Waals surface area contributed by atoms with Crippen LogP contribution >= 0.6 is 11.6 Å².